The highest BCUT2D eigenvalue weighted by molar-refractivity contribution is 5.94. The van der Waals surface area contributed by atoms with Gasteiger partial charge in [0, 0.05) is 11.1 Å². The first-order valence-corrected chi connectivity index (χ1v) is 7.75. The van der Waals surface area contributed by atoms with Gasteiger partial charge >= 0.3 is 16.9 Å². The van der Waals surface area contributed by atoms with Crippen molar-refractivity contribution in [3.63, 3.8) is 0 Å². The zero-order chi connectivity index (χ0) is 19.6. The van der Waals surface area contributed by atoms with Gasteiger partial charge in [0.1, 0.15) is 17.2 Å². The van der Waals surface area contributed by atoms with Crippen molar-refractivity contribution < 1.29 is 14.1 Å². The zero-order valence-corrected chi connectivity index (χ0v) is 14.0. The van der Waals surface area contributed by atoms with Crippen LogP contribution in [0.25, 0.3) is 23.5 Å². The van der Waals surface area contributed by atoms with Gasteiger partial charge in [0.2, 0.25) is 0 Å². The molecule has 0 radical (unpaired) electrons. The molecule has 0 aliphatic carbocycles. The van der Waals surface area contributed by atoms with Gasteiger partial charge < -0.3 is 9.40 Å². The van der Waals surface area contributed by atoms with Gasteiger partial charge in [0.15, 0.2) is 5.78 Å². The van der Waals surface area contributed by atoms with Crippen LogP contribution in [0, 0.1) is 10.1 Å². The van der Waals surface area contributed by atoms with Crippen molar-refractivity contribution >= 4 is 23.6 Å². The van der Waals surface area contributed by atoms with Crippen LogP contribution in [0.15, 0.2) is 50.4 Å². The highest BCUT2D eigenvalue weighted by Crippen LogP contribution is 2.24. The Hall–Kier alpha value is -4.01. The number of carbonyl (C=O) groups excluding carboxylic acids is 1. The van der Waals surface area contributed by atoms with Crippen molar-refractivity contribution in [2.24, 2.45) is 0 Å². The van der Waals surface area contributed by atoms with Crippen molar-refractivity contribution in [1.82, 2.24) is 9.97 Å². The number of carbonyl (C=O) groups is 1. The molecule has 0 atom stereocenters. The van der Waals surface area contributed by atoms with E-state index in [0.29, 0.717) is 17.1 Å². The maximum absolute atomic E-state index is 11.6. The molecule has 0 spiro atoms. The molecule has 2 N–H and O–H groups in total. The molecule has 2 aromatic heterocycles. The molecule has 0 bridgehead atoms. The van der Waals surface area contributed by atoms with Crippen LogP contribution in [-0.2, 0) is 0 Å². The summed E-state index contributed by atoms with van der Waals surface area (Å²) >= 11 is 0. The summed E-state index contributed by atoms with van der Waals surface area (Å²) in [5.41, 5.74) is -1.62. The number of ketones is 1. The van der Waals surface area contributed by atoms with E-state index in [1.54, 1.807) is 36.4 Å². The number of nitrogens with zero attached hydrogens (tertiary/aromatic N) is 1. The third kappa shape index (κ3) is 3.82. The van der Waals surface area contributed by atoms with Crippen LogP contribution in [-0.4, -0.2) is 20.7 Å². The number of hydrogen-bond donors (Lipinski definition) is 2. The lowest BCUT2D eigenvalue weighted by atomic mass is 10.1. The minimum Gasteiger partial charge on any atom is -0.457 e. The van der Waals surface area contributed by atoms with Crippen molar-refractivity contribution in [1.29, 1.82) is 0 Å². The average molecular weight is 367 g/mol. The minimum absolute atomic E-state index is 0.0435. The Balaban J connectivity index is 1.90. The third-order valence-electron chi connectivity index (χ3n) is 3.75. The number of furan rings is 1. The smallest absolute Gasteiger partial charge is 0.357 e. The number of rotatable bonds is 5. The topological polar surface area (TPSA) is 139 Å². The molecule has 0 aliphatic rings. The van der Waals surface area contributed by atoms with Crippen LogP contribution < -0.4 is 11.2 Å². The molecule has 136 valence electrons. The Morgan fingerprint density at radius 1 is 1.07 bits per heavy atom. The standard InChI is InChI=1S/C18H13N3O6/c1-10(22)11-2-4-12(5-3-11)15-9-7-13(27-15)6-8-14-16(21(25)26)17(23)20-18(24)19-14/h2-9H,1H3,(H2,19,20,23,24)/b8-6-. The van der Waals surface area contributed by atoms with Crippen molar-refractivity contribution in [3.8, 4) is 11.3 Å². The van der Waals surface area contributed by atoms with Gasteiger partial charge in [-0.25, -0.2) is 4.79 Å². The fraction of sp³-hybridized carbons (Fsp3) is 0.0556. The van der Waals surface area contributed by atoms with Gasteiger partial charge in [-0.1, -0.05) is 24.3 Å². The molecule has 0 amide bonds. The Bertz CT molecular complexity index is 1160. The van der Waals surface area contributed by atoms with E-state index in [-0.39, 0.29) is 11.5 Å². The van der Waals surface area contributed by atoms with Crippen LogP contribution >= 0.6 is 0 Å². The summed E-state index contributed by atoms with van der Waals surface area (Å²) in [5.74, 6) is 0.841. The number of H-pyrrole nitrogens is 2. The second-order valence-corrected chi connectivity index (χ2v) is 5.60. The first-order valence-electron chi connectivity index (χ1n) is 7.75. The SMILES string of the molecule is CC(=O)c1ccc(-c2ccc(/C=C\c3[nH]c(=O)[nH]c(=O)c3[N+](=O)[O-])o2)cc1. The van der Waals surface area contributed by atoms with Crippen LogP contribution in [0.5, 0.6) is 0 Å². The molecule has 1 aromatic carbocycles. The first kappa shape index (κ1) is 17.8. The van der Waals surface area contributed by atoms with Gasteiger partial charge in [0.05, 0.1) is 4.92 Å². The Morgan fingerprint density at radius 3 is 2.41 bits per heavy atom. The van der Waals surface area contributed by atoms with E-state index in [9.17, 15) is 24.5 Å². The van der Waals surface area contributed by atoms with Gasteiger partial charge in [0.25, 0.3) is 0 Å². The molecule has 0 saturated heterocycles. The molecular formula is C18H13N3O6. The summed E-state index contributed by atoms with van der Waals surface area (Å²) in [6, 6.07) is 10.2. The number of hydrogen-bond acceptors (Lipinski definition) is 6. The second kappa shape index (κ2) is 7.08. The van der Waals surface area contributed by atoms with Gasteiger partial charge in [-0.05, 0) is 31.2 Å². The molecule has 0 fully saturated rings. The summed E-state index contributed by atoms with van der Waals surface area (Å²) < 4.78 is 5.63. The fourth-order valence-corrected chi connectivity index (χ4v) is 2.43. The van der Waals surface area contributed by atoms with E-state index in [0.717, 1.165) is 5.56 Å². The fourth-order valence-electron chi connectivity index (χ4n) is 2.43. The summed E-state index contributed by atoms with van der Waals surface area (Å²) in [4.78, 5) is 48.4. The normalized spacial score (nSPS) is 11.0. The number of benzene rings is 1. The van der Waals surface area contributed by atoms with Gasteiger partial charge in [-0.3, -0.25) is 24.7 Å². The maximum Gasteiger partial charge on any atom is 0.357 e. The van der Waals surface area contributed by atoms with Crippen LogP contribution in [0.3, 0.4) is 0 Å². The second-order valence-electron chi connectivity index (χ2n) is 5.60. The number of aromatic nitrogens is 2. The van der Waals surface area contributed by atoms with Crippen LogP contribution in [0.4, 0.5) is 5.69 Å². The van der Waals surface area contributed by atoms with E-state index >= 15 is 0 Å². The number of aromatic amines is 2. The zero-order valence-electron chi connectivity index (χ0n) is 14.0. The maximum atomic E-state index is 11.6. The van der Waals surface area contributed by atoms with Crippen LogP contribution in [0.1, 0.15) is 28.7 Å². The summed E-state index contributed by atoms with van der Waals surface area (Å²) in [5, 5.41) is 11.0. The van der Waals surface area contributed by atoms with E-state index < -0.39 is 21.9 Å². The van der Waals surface area contributed by atoms with Gasteiger partial charge in [-0.15, -0.1) is 0 Å². The monoisotopic (exact) mass is 367 g/mol. The Labute approximate surface area is 151 Å². The lowest BCUT2D eigenvalue weighted by Gasteiger charge is -1.99. The molecule has 9 heteroatoms. The van der Waals surface area contributed by atoms with E-state index in [4.69, 9.17) is 4.42 Å². The number of Topliss-reactive ketones (excluding diaryl/α,β-unsaturated/α-hetero) is 1. The molecule has 0 aliphatic heterocycles. The number of nitrogens with one attached hydrogen (secondary N) is 2. The summed E-state index contributed by atoms with van der Waals surface area (Å²) in [6.07, 6.45) is 2.61. The first-order chi connectivity index (χ1) is 12.8. The molecular weight excluding hydrogens is 354 g/mol. The van der Waals surface area contributed by atoms with Crippen molar-refractivity contribution in [2.45, 2.75) is 6.92 Å². The lowest BCUT2D eigenvalue weighted by molar-refractivity contribution is -0.386. The molecule has 27 heavy (non-hydrogen) atoms. The summed E-state index contributed by atoms with van der Waals surface area (Å²) in [7, 11) is 0. The minimum atomic E-state index is -1.09. The predicted octanol–water partition coefficient (Wildman–Crippen LogP) is 2.60. The van der Waals surface area contributed by atoms with E-state index in [1.807, 2.05) is 4.98 Å². The Morgan fingerprint density at radius 2 is 1.78 bits per heavy atom. The highest BCUT2D eigenvalue weighted by Gasteiger charge is 2.18. The largest absolute Gasteiger partial charge is 0.457 e. The molecule has 0 saturated carbocycles. The quantitative estimate of drug-likeness (QED) is 0.404. The van der Waals surface area contributed by atoms with Gasteiger partial charge in [-0.2, -0.15) is 0 Å². The third-order valence-corrected chi connectivity index (χ3v) is 3.75. The average Bonchev–Trinajstić information content (AvgIpc) is 3.08. The predicted molar refractivity (Wildman–Crippen MR) is 97.4 cm³/mol. The highest BCUT2D eigenvalue weighted by atomic mass is 16.6. The van der Waals surface area contributed by atoms with Crippen molar-refractivity contribution in [2.75, 3.05) is 0 Å². The van der Waals surface area contributed by atoms with Crippen LogP contribution in [0.2, 0.25) is 0 Å². The van der Waals surface area contributed by atoms with E-state index in [1.165, 1.54) is 19.1 Å². The molecule has 9 nitrogen and oxygen atoms in total. The number of nitro groups is 1. The van der Waals surface area contributed by atoms with E-state index in [2.05, 4.69) is 4.98 Å². The molecule has 0 unspecified atom stereocenters. The Kier molecular flexibility index (Phi) is 4.67. The summed E-state index contributed by atoms with van der Waals surface area (Å²) in [6.45, 7) is 1.48. The molecule has 2 heterocycles. The van der Waals surface area contributed by atoms with Crippen molar-refractivity contribution in [3.05, 3.63) is 84.4 Å². The molecule has 3 rings (SSSR count). The lowest BCUT2D eigenvalue weighted by Crippen LogP contribution is -2.25. The molecule has 3 aromatic rings.